The summed E-state index contributed by atoms with van der Waals surface area (Å²) >= 11 is 0. The number of hydrogen-bond acceptors (Lipinski definition) is 2. The Bertz CT molecular complexity index is 722. The van der Waals surface area contributed by atoms with Crippen LogP contribution in [-0.4, -0.2) is 15.6 Å². The van der Waals surface area contributed by atoms with Crippen molar-refractivity contribution >= 4 is 16.9 Å². The van der Waals surface area contributed by atoms with E-state index in [2.05, 4.69) is 44.2 Å². The fourth-order valence-corrected chi connectivity index (χ4v) is 3.09. The number of nitrogens with zero attached hydrogens (tertiary/aromatic N) is 2. The highest BCUT2D eigenvalue weighted by Gasteiger charge is 2.60. The van der Waals surface area contributed by atoms with Crippen LogP contribution in [0.3, 0.4) is 0 Å². The van der Waals surface area contributed by atoms with Crippen molar-refractivity contribution in [2.75, 3.05) is 5.43 Å². The van der Waals surface area contributed by atoms with Crippen LogP contribution < -0.4 is 5.43 Å². The van der Waals surface area contributed by atoms with Crippen molar-refractivity contribution in [1.82, 2.24) is 9.66 Å². The molecule has 1 fully saturated rings. The number of aromatic nitrogens is 2. The topological polar surface area (TPSA) is 46.9 Å². The first kappa shape index (κ1) is 13.9. The Morgan fingerprint density at radius 2 is 2.05 bits per heavy atom. The summed E-state index contributed by atoms with van der Waals surface area (Å²) in [7, 11) is 0. The predicted octanol–water partition coefficient (Wildman–Crippen LogP) is 3.34. The lowest BCUT2D eigenvalue weighted by Gasteiger charge is -2.07. The average molecular weight is 283 g/mol. The van der Waals surface area contributed by atoms with Gasteiger partial charge in [-0.05, 0) is 37.3 Å². The van der Waals surface area contributed by atoms with Crippen LogP contribution in [0.2, 0.25) is 0 Å². The van der Waals surface area contributed by atoms with Crippen molar-refractivity contribution in [2.45, 2.75) is 27.7 Å². The first-order chi connectivity index (χ1) is 9.91. The maximum atomic E-state index is 12.5. The Hall–Kier alpha value is -2.10. The third kappa shape index (κ3) is 2.35. The predicted molar refractivity (Wildman–Crippen MR) is 84.3 cm³/mol. The molecule has 21 heavy (non-hydrogen) atoms. The number of imidazole rings is 1. The molecule has 0 saturated heterocycles. The average Bonchev–Trinajstić information content (AvgIpc) is 2.78. The second kappa shape index (κ2) is 4.72. The minimum absolute atomic E-state index is 0.0218. The van der Waals surface area contributed by atoms with Crippen LogP contribution in [-0.2, 0) is 4.79 Å². The van der Waals surface area contributed by atoms with Gasteiger partial charge in [-0.2, -0.15) is 0 Å². The van der Waals surface area contributed by atoms with Gasteiger partial charge in [0, 0.05) is 0 Å². The zero-order chi connectivity index (χ0) is 15.2. The van der Waals surface area contributed by atoms with Gasteiger partial charge in [0.15, 0.2) is 0 Å². The van der Waals surface area contributed by atoms with Gasteiger partial charge in [0.1, 0.15) is 6.33 Å². The monoisotopic (exact) mass is 283 g/mol. The van der Waals surface area contributed by atoms with Crippen LogP contribution >= 0.6 is 0 Å². The normalized spacial score (nSPS) is 22.9. The number of carbonyl (C=O) groups excluding carboxylic acids is 1. The quantitative estimate of drug-likeness (QED) is 0.878. The summed E-state index contributed by atoms with van der Waals surface area (Å²) in [6.45, 7) is 8.44. The molecule has 110 valence electrons. The van der Waals surface area contributed by atoms with E-state index in [1.165, 1.54) is 5.57 Å². The second-order valence-corrected chi connectivity index (χ2v) is 6.65. The van der Waals surface area contributed by atoms with Crippen LogP contribution in [0.5, 0.6) is 0 Å². The number of allylic oxidation sites excluding steroid dienone is 2. The Kier molecular flexibility index (Phi) is 3.12. The third-order valence-electron chi connectivity index (χ3n) is 4.39. The molecule has 4 heteroatoms. The summed E-state index contributed by atoms with van der Waals surface area (Å²) in [5.74, 6) is 0.400. The molecule has 3 rings (SSSR count). The molecule has 1 aliphatic carbocycles. The van der Waals surface area contributed by atoms with Gasteiger partial charge in [-0.15, -0.1) is 0 Å². The van der Waals surface area contributed by atoms with Crippen LogP contribution in [0.4, 0.5) is 0 Å². The molecule has 0 radical (unpaired) electrons. The van der Waals surface area contributed by atoms with E-state index in [1.807, 2.05) is 24.3 Å². The highest BCUT2D eigenvalue weighted by Crippen LogP contribution is 2.59. The van der Waals surface area contributed by atoms with E-state index < -0.39 is 0 Å². The molecule has 0 spiro atoms. The summed E-state index contributed by atoms with van der Waals surface area (Å²) in [6.07, 6.45) is 3.87. The molecule has 1 aromatic heterocycles. The maximum Gasteiger partial charge on any atom is 0.243 e. The summed E-state index contributed by atoms with van der Waals surface area (Å²) in [6, 6.07) is 7.77. The standard InChI is InChI=1S/C17H21N3O/c1-11(2)9-12-15(17(12,3)4)16(21)19-20-10-18-13-7-5-6-8-14(13)20/h5-10,12,15H,1-4H3,(H,19,21)/t12-,15-/m0/s1. The van der Waals surface area contributed by atoms with Crippen molar-refractivity contribution in [1.29, 1.82) is 0 Å². The SMILES string of the molecule is CC(C)=C[C@H]1[C@@H](C(=O)Nn2cnc3ccccc32)C1(C)C. The van der Waals surface area contributed by atoms with Gasteiger partial charge in [0.25, 0.3) is 0 Å². The zero-order valence-electron chi connectivity index (χ0n) is 12.9. The molecule has 0 bridgehead atoms. The molecule has 2 atom stereocenters. The lowest BCUT2D eigenvalue weighted by Crippen LogP contribution is -2.25. The molecule has 1 amide bonds. The van der Waals surface area contributed by atoms with Gasteiger partial charge in [0.2, 0.25) is 5.91 Å². The number of fused-ring (bicyclic) bond motifs is 1. The van der Waals surface area contributed by atoms with E-state index in [0.717, 1.165) is 11.0 Å². The van der Waals surface area contributed by atoms with Crippen LogP contribution in [0.15, 0.2) is 42.2 Å². The lowest BCUT2D eigenvalue weighted by molar-refractivity contribution is -0.119. The molecule has 1 N–H and O–H groups in total. The number of carbonyl (C=O) groups is 1. The third-order valence-corrected chi connectivity index (χ3v) is 4.39. The first-order valence-electron chi connectivity index (χ1n) is 7.29. The summed E-state index contributed by atoms with van der Waals surface area (Å²) in [4.78, 5) is 16.8. The van der Waals surface area contributed by atoms with E-state index in [-0.39, 0.29) is 17.2 Å². The van der Waals surface area contributed by atoms with Crippen LogP contribution in [0, 0.1) is 17.3 Å². The van der Waals surface area contributed by atoms with Gasteiger partial charge in [0.05, 0.1) is 17.0 Å². The van der Waals surface area contributed by atoms with Gasteiger partial charge >= 0.3 is 0 Å². The smallest absolute Gasteiger partial charge is 0.243 e. The highest BCUT2D eigenvalue weighted by molar-refractivity contribution is 5.91. The maximum absolute atomic E-state index is 12.5. The number of hydrogen-bond donors (Lipinski definition) is 1. The highest BCUT2D eigenvalue weighted by atomic mass is 16.2. The molecule has 1 aromatic carbocycles. The zero-order valence-corrected chi connectivity index (χ0v) is 12.9. The number of benzene rings is 1. The van der Waals surface area contributed by atoms with Gasteiger partial charge in [-0.25, -0.2) is 9.66 Å². The molecule has 1 aliphatic rings. The van der Waals surface area contributed by atoms with Crippen LogP contribution in [0.1, 0.15) is 27.7 Å². The van der Waals surface area contributed by atoms with E-state index in [9.17, 15) is 4.79 Å². The lowest BCUT2D eigenvalue weighted by atomic mass is 10.1. The molecular formula is C17H21N3O. The summed E-state index contributed by atoms with van der Waals surface area (Å²) in [5, 5.41) is 0. The molecule has 0 aliphatic heterocycles. The van der Waals surface area contributed by atoms with E-state index >= 15 is 0 Å². The van der Waals surface area contributed by atoms with Crippen molar-refractivity contribution in [3.05, 3.63) is 42.2 Å². The fraction of sp³-hybridized carbons (Fsp3) is 0.412. The largest absolute Gasteiger partial charge is 0.273 e. The number of para-hydroxylation sites is 2. The molecule has 0 unspecified atom stereocenters. The van der Waals surface area contributed by atoms with E-state index in [1.54, 1.807) is 11.0 Å². The van der Waals surface area contributed by atoms with E-state index in [4.69, 9.17) is 0 Å². The van der Waals surface area contributed by atoms with Gasteiger partial charge < -0.3 is 0 Å². The number of nitrogens with one attached hydrogen (secondary N) is 1. The van der Waals surface area contributed by atoms with Gasteiger partial charge in [-0.1, -0.05) is 37.6 Å². The number of amides is 1. The van der Waals surface area contributed by atoms with Crippen molar-refractivity contribution in [2.24, 2.45) is 17.3 Å². The minimum atomic E-state index is 0.0218. The summed E-state index contributed by atoms with van der Waals surface area (Å²) < 4.78 is 1.71. The molecule has 1 saturated carbocycles. The molecule has 2 aromatic rings. The second-order valence-electron chi connectivity index (χ2n) is 6.65. The van der Waals surface area contributed by atoms with Crippen molar-refractivity contribution in [3.63, 3.8) is 0 Å². The van der Waals surface area contributed by atoms with Crippen LogP contribution in [0.25, 0.3) is 11.0 Å². The first-order valence-corrected chi connectivity index (χ1v) is 7.29. The Morgan fingerprint density at radius 1 is 1.33 bits per heavy atom. The number of rotatable bonds is 3. The Morgan fingerprint density at radius 3 is 2.76 bits per heavy atom. The molecule has 1 heterocycles. The minimum Gasteiger partial charge on any atom is -0.273 e. The molecule has 4 nitrogen and oxygen atoms in total. The molecular weight excluding hydrogens is 262 g/mol. The van der Waals surface area contributed by atoms with Gasteiger partial charge in [-0.3, -0.25) is 10.2 Å². The Balaban J connectivity index is 1.80. The Labute approximate surface area is 124 Å². The fourth-order valence-electron chi connectivity index (χ4n) is 3.09. The van der Waals surface area contributed by atoms with E-state index in [0.29, 0.717) is 5.92 Å². The van der Waals surface area contributed by atoms with Crippen molar-refractivity contribution in [3.8, 4) is 0 Å². The summed E-state index contributed by atoms with van der Waals surface area (Å²) in [5.41, 5.74) is 6.06. The van der Waals surface area contributed by atoms with Crippen molar-refractivity contribution < 1.29 is 4.79 Å².